The van der Waals surface area contributed by atoms with Crippen molar-refractivity contribution in [1.82, 2.24) is 5.32 Å². The molecule has 4 heteroatoms. The van der Waals surface area contributed by atoms with E-state index in [-0.39, 0.29) is 12.5 Å². The van der Waals surface area contributed by atoms with E-state index >= 15 is 0 Å². The fourth-order valence-corrected chi connectivity index (χ4v) is 6.58. The van der Waals surface area contributed by atoms with Gasteiger partial charge in [0, 0.05) is 6.42 Å². The summed E-state index contributed by atoms with van der Waals surface area (Å²) in [5, 5.41) is 23.0. The van der Waals surface area contributed by atoms with Gasteiger partial charge >= 0.3 is 0 Å². The molecule has 0 heterocycles. The zero-order chi connectivity index (χ0) is 37.1. The lowest BCUT2D eigenvalue weighted by atomic mass is 10.0. The van der Waals surface area contributed by atoms with E-state index in [1.807, 2.05) is 6.08 Å². The average Bonchev–Trinajstić information content (AvgIpc) is 3.13. The molecule has 0 saturated carbocycles. The van der Waals surface area contributed by atoms with Crippen LogP contribution in [0.25, 0.3) is 0 Å². The largest absolute Gasteiger partial charge is 0.394 e. The van der Waals surface area contributed by atoms with Gasteiger partial charge < -0.3 is 15.5 Å². The molecule has 0 aromatic rings. The summed E-state index contributed by atoms with van der Waals surface area (Å²) in [5.74, 6) is -0.0878. The molecule has 1 amide bonds. The molecule has 0 aromatic heterocycles. The highest BCUT2D eigenvalue weighted by atomic mass is 16.3. The molecule has 2 unspecified atom stereocenters. The predicted molar refractivity (Wildman–Crippen MR) is 225 cm³/mol. The molecule has 2 atom stereocenters. The Labute approximate surface area is 318 Å². The van der Waals surface area contributed by atoms with Crippen molar-refractivity contribution in [3.63, 3.8) is 0 Å². The summed E-state index contributed by atoms with van der Waals surface area (Å²) >= 11 is 0. The van der Waals surface area contributed by atoms with E-state index in [9.17, 15) is 15.0 Å². The van der Waals surface area contributed by atoms with E-state index in [1.165, 1.54) is 154 Å². The van der Waals surface area contributed by atoms with Gasteiger partial charge in [0.2, 0.25) is 5.91 Å². The number of rotatable bonds is 40. The van der Waals surface area contributed by atoms with Crippen LogP contribution in [0.15, 0.2) is 48.6 Å². The normalized spacial score (nSPS) is 13.4. The number of hydrogen-bond donors (Lipinski definition) is 3. The van der Waals surface area contributed by atoms with Crippen LogP contribution < -0.4 is 5.32 Å². The van der Waals surface area contributed by atoms with Crippen LogP contribution in [0.1, 0.15) is 226 Å². The van der Waals surface area contributed by atoms with Gasteiger partial charge in [-0.15, -0.1) is 0 Å². The van der Waals surface area contributed by atoms with Crippen molar-refractivity contribution in [2.45, 2.75) is 238 Å². The third kappa shape index (κ3) is 39.4. The number of aliphatic hydroxyl groups is 2. The van der Waals surface area contributed by atoms with Gasteiger partial charge in [-0.3, -0.25) is 4.79 Å². The average molecular weight is 714 g/mol. The first-order valence-electron chi connectivity index (χ1n) is 22.4. The first-order valence-corrected chi connectivity index (χ1v) is 22.4. The quantitative estimate of drug-likeness (QED) is 0.0437. The maximum atomic E-state index is 12.4. The van der Waals surface area contributed by atoms with Crippen LogP contribution in [-0.4, -0.2) is 34.9 Å². The van der Waals surface area contributed by atoms with Crippen molar-refractivity contribution >= 4 is 5.91 Å². The van der Waals surface area contributed by atoms with E-state index in [0.29, 0.717) is 6.42 Å². The van der Waals surface area contributed by atoms with Crippen molar-refractivity contribution in [3.8, 4) is 0 Å². The third-order valence-corrected chi connectivity index (χ3v) is 10.0. The van der Waals surface area contributed by atoms with E-state index in [0.717, 1.165) is 51.4 Å². The Morgan fingerprint density at radius 2 is 0.824 bits per heavy atom. The molecule has 4 nitrogen and oxygen atoms in total. The van der Waals surface area contributed by atoms with E-state index in [1.54, 1.807) is 6.08 Å². The molecule has 0 rings (SSSR count). The molecule has 0 bridgehead atoms. The monoisotopic (exact) mass is 714 g/mol. The molecule has 0 spiro atoms. The molecule has 0 radical (unpaired) electrons. The van der Waals surface area contributed by atoms with Crippen molar-refractivity contribution in [2.75, 3.05) is 6.61 Å². The summed E-state index contributed by atoms with van der Waals surface area (Å²) in [4.78, 5) is 12.4. The number of hydrogen-bond acceptors (Lipinski definition) is 3. The number of nitrogens with one attached hydrogen (secondary N) is 1. The number of carbonyl (C=O) groups excluding carboxylic acids is 1. The highest BCUT2D eigenvalue weighted by Crippen LogP contribution is 2.15. The van der Waals surface area contributed by atoms with Gasteiger partial charge in [-0.2, -0.15) is 0 Å². The van der Waals surface area contributed by atoms with Gasteiger partial charge in [0.05, 0.1) is 18.8 Å². The minimum atomic E-state index is -0.868. The highest BCUT2D eigenvalue weighted by molar-refractivity contribution is 5.76. The molecule has 0 aliphatic rings. The van der Waals surface area contributed by atoms with Crippen LogP contribution >= 0.6 is 0 Å². The Morgan fingerprint density at radius 3 is 1.27 bits per heavy atom. The van der Waals surface area contributed by atoms with Gasteiger partial charge in [0.25, 0.3) is 0 Å². The van der Waals surface area contributed by atoms with Crippen LogP contribution in [0.3, 0.4) is 0 Å². The molecule has 0 aliphatic carbocycles. The fraction of sp³-hybridized carbons (Fsp3) is 0.809. The van der Waals surface area contributed by atoms with Crippen LogP contribution in [0.5, 0.6) is 0 Å². The van der Waals surface area contributed by atoms with Crippen LogP contribution in [-0.2, 0) is 4.79 Å². The highest BCUT2D eigenvalue weighted by Gasteiger charge is 2.17. The summed E-state index contributed by atoms with van der Waals surface area (Å²) in [5.41, 5.74) is 0. The van der Waals surface area contributed by atoms with Crippen molar-refractivity contribution in [1.29, 1.82) is 0 Å². The molecule has 0 aromatic carbocycles. The van der Waals surface area contributed by atoms with E-state index in [4.69, 9.17) is 0 Å². The summed E-state index contributed by atoms with van der Waals surface area (Å²) < 4.78 is 0. The molecular formula is C47H87NO3. The summed E-state index contributed by atoms with van der Waals surface area (Å²) in [6, 6.07) is -0.647. The SMILES string of the molecule is CCCCCC/C=C\C/C=C\CCCCCCCC(=O)NC(CO)C(O)/C=C/CC/C=C/CCCCCCCCCCCCCCCCCCC. The Kier molecular flexibility index (Phi) is 41.4. The Morgan fingerprint density at radius 1 is 0.471 bits per heavy atom. The van der Waals surface area contributed by atoms with E-state index in [2.05, 4.69) is 55.6 Å². The molecule has 0 fully saturated rings. The van der Waals surface area contributed by atoms with Gasteiger partial charge in [0.1, 0.15) is 0 Å². The Bertz CT molecular complexity index is 816. The number of allylic oxidation sites excluding steroid dienone is 7. The molecular weight excluding hydrogens is 627 g/mol. The number of aliphatic hydroxyl groups excluding tert-OH is 2. The number of carbonyl (C=O) groups is 1. The maximum absolute atomic E-state index is 12.4. The lowest BCUT2D eigenvalue weighted by Gasteiger charge is -2.19. The second-order valence-electron chi connectivity index (χ2n) is 15.1. The zero-order valence-electron chi connectivity index (χ0n) is 34.1. The Balaban J connectivity index is 3.62. The van der Waals surface area contributed by atoms with Gasteiger partial charge in [-0.25, -0.2) is 0 Å². The van der Waals surface area contributed by atoms with Crippen molar-refractivity contribution < 1.29 is 15.0 Å². The third-order valence-electron chi connectivity index (χ3n) is 10.0. The van der Waals surface area contributed by atoms with Crippen LogP contribution in [0, 0.1) is 0 Å². The first kappa shape index (κ1) is 49.4. The molecule has 298 valence electrons. The fourth-order valence-electron chi connectivity index (χ4n) is 6.58. The molecule has 3 N–H and O–H groups in total. The lowest BCUT2D eigenvalue weighted by Crippen LogP contribution is -2.45. The minimum Gasteiger partial charge on any atom is -0.394 e. The van der Waals surface area contributed by atoms with Crippen LogP contribution in [0.2, 0.25) is 0 Å². The number of amides is 1. The van der Waals surface area contributed by atoms with Crippen molar-refractivity contribution in [2.24, 2.45) is 0 Å². The standard InChI is InChI=1S/C47H87NO3/c1-3-5-7-9-11-13-15-17-19-21-22-23-24-25-26-27-28-30-32-34-36-38-40-42-46(50)45(44-49)48-47(51)43-41-39-37-35-33-31-29-20-18-16-14-12-10-8-6-4-2/h14,16,20,29,32,34,40,42,45-46,49-50H,3-13,15,17-19,21-28,30-31,33,35-39,41,43-44H2,1-2H3,(H,48,51)/b16-14-,29-20-,34-32+,42-40+. The molecule has 0 saturated heterocycles. The van der Waals surface area contributed by atoms with Crippen molar-refractivity contribution in [3.05, 3.63) is 48.6 Å². The minimum absolute atomic E-state index is 0.0878. The van der Waals surface area contributed by atoms with Gasteiger partial charge in [-0.05, 0) is 64.2 Å². The topological polar surface area (TPSA) is 69.6 Å². The second-order valence-corrected chi connectivity index (χ2v) is 15.1. The van der Waals surface area contributed by atoms with Gasteiger partial charge in [-0.1, -0.05) is 204 Å². The summed E-state index contributed by atoms with van der Waals surface area (Å²) in [6.07, 6.45) is 57.9. The zero-order valence-corrected chi connectivity index (χ0v) is 34.1. The predicted octanol–water partition coefficient (Wildman–Crippen LogP) is 14.0. The van der Waals surface area contributed by atoms with Crippen LogP contribution in [0.4, 0.5) is 0 Å². The molecule has 0 aliphatic heterocycles. The molecule has 51 heavy (non-hydrogen) atoms. The summed E-state index contributed by atoms with van der Waals surface area (Å²) in [6.45, 7) is 4.28. The lowest BCUT2D eigenvalue weighted by molar-refractivity contribution is -0.123. The van der Waals surface area contributed by atoms with E-state index < -0.39 is 12.1 Å². The first-order chi connectivity index (χ1) is 25.2. The Hall–Kier alpha value is -1.65. The number of unbranched alkanes of at least 4 members (excludes halogenated alkanes) is 27. The van der Waals surface area contributed by atoms with Gasteiger partial charge in [0.15, 0.2) is 0 Å². The smallest absolute Gasteiger partial charge is 0.220 e. The summed E-state index contributed by atoms with van der Waals surface area (Å²) in [7, 11) is 0. The maximum Gasteiger partial charge on any atom is 0.220 e. The second kappa shape index (κ2) is 42.8.